The Hall–Kier alpha value is -1.80. The van der Waals surface area contributed by atoms with E-state index in [2.05, 4.69) is 30.3 Å². The molecule has 0 bridgehead atoms. The van der Waals surface area contributed by atoms with Crippen molar-refractivity contribution in [3.63, 3.8) is 0 Å². The summed E-state index contributed by atoms with van der Waals surface area (Å²) in [5, 5.41) is 0. The summed E-state index contributed by atoms with van der Waals surface area (Å²) in [6.45, 7) is 1.57. The molecule has 2 aromatic carbocycles. The summed E-state index contributed by atoms with van der Waals surface area (Å²) in [5.74, 6) is 1.04. The fourth-order valence-electron chi connectivity index (χ4n) is 3.07. The smallest absolute Gasteiger partial charge is 0.123 e. The van der Waals surface area contributed by atoms with Crippen LogP contribution in [0.3, 0.4) is 0 Å². The predicted molar refractivity (Wildman–Crippen MR) is 77.9 cm³/mol. The van der Waals surface area contributed by atoms with Gasteiger partial charge in [-0.1, -0.05) is 42.5 Å². The summed E-state index contributed by atoms with van der Waals surface area (Å²) >= 11 is 0. The summed E-state index contributed by atoms with van der Waals surface area (Å²) in [5.41, 5.74) is 4.16. The summed E-state index contributed by atoms with van der Waals surface area (Å²) in [7, 11) is 0. The molecule has 1 fully saturated rings. The standard InChI is InChI=1S/C18H18O2/c1-2-5-14(6-3-1)12-19-17-8-4-7-15-11-18(13-20-18)10-9-16(15)17/h1-8H,9-13H2. The molecule has 1 heterocycles. The second kappa shape index (κ2) is 4.64. The van der Waals surface area contributed by atoms with Gasteiger partial charge in [-0.15, -0.1) is 0 Å². The summed E-state index contributed by atoms with van der Waals surface area (Å²) < 4.78 is 11.7. The highest BCUT2D eigenvalue weighted by Gasteiger charge is 2.47. The second-order valence-electron chi connectivity index (χ2n) is 5.82. The zero-order chi connectivity index (χ0) is 13.4. The Bertz CT molecular complexity index is 615. The van der Waals surface area contributed by atoms with Crippen LogP contribution in [-0.2, 0) is 24.2 Å². The van der Waals surface area contributed by atoms with Crippen LogP contribution < -0.4 is 4.74 Å². The number of hydrogen-bond acceptors (Lipinski definition) is 2. The molecule has 0 radical (unpaired) electrons. The lowest BCUT2D eigenvalue weighted by Crippen LogP contribution is -2.22. The maximum Gasteiger partial charge on any atom is 0.123 e. The van der Waals surface area contributed by atoms with Gasteiger partial charge in [-0.2, -0.15) is 0 Å². The molecule has 20 heavy (non-hydrogen) atoms. The average Bonchev–Trinajstić information content (AvgIpc) is 3.25. The molecular weight excluding hydrogens is 248 g/mol. The molecule has 0 N–H and O–H groups in total. The van der Waals surface area contributed by atoms with E-state index in [0.29, 0.717) is 6.61 Å². The lowest BCUT2D eigenvalue weighted by Gasteiger charge is -2.24. The fraction of sp³-hybridized carbons (Fsp3) is 0.333. The van der Waals surface area contributed by atoms with Crippen LogP contribution in [0.25, 0.3) is 0 Å². The molecular formula is C18H18O2. The van der Waals surface area contributed by atoms with Crippen LogP contribution in [0.4, 0.5) is 0 Å². The van der Waals surface area contributed by atoms with E-state index in [1.165, 1.54) is 16.7 Å². The largest absolute Gasteiger partial charge is 0.489 e. The molecule has 0 amide bonds. The monoisotopic (exact) mass is 266 g/mol. The Morgan fingerprint density at radius 2 is 1.90 bits per heavy atom. The van der Waals surface area contributed by atoms with Gasteiger partial charge in [-0.05, 0) is 35.6 Å². The molecule has 102 valence electrons. The van der Waals surface area contributed by atoms with E-state index >= 15 is 0 Å². The van der Waals surface area contributed by atoms with E-state index in [9.17, 15) is 0 Å². The zero-order valence-corrected chi connectivity index (χ0v) is 11.5. The van der Waals surface area contributed by atoms with Crippen LogP contribution in [-0.4, -0.2) is 12.2 Å². The van der Waals surface area contributed by atoms with Crippen molar-refractivity contribution in [2.24, 2.45) is 0 Å². The van der Waals surface area contributed by atoms with Crippen LogP contribution in [0.15, 0.2) is 48.5 Å². The molecule has 4 rings (SSSR count). The van der Waals surface area contributed by atoms with E-state index in [0.717, 1.165) is 31.6 Å². The average molecular weight is 266 g/mol. The Morgan fingerprint density at radius 1 is 1.05 bits per heavy atom. The number of benzene rings is 2. The minimum absolute atomic E-state index is 0.172. The number of fused-ring (bicyclic) bond motifs is 1. The maximum absolute atomic E-state index is 6.04. The predicted octanol–water partition coefficient (Wildman–Crippen LogP) is 3.52. The quantitative estimate of drug-likeness (QED) is 0.793. The topological polar surface area (TPSA) is 21.8 Å². The molecule has 1 atom stereocenters. The molecule has 2 aromatic rings. The van der Waals surface area contributed by atoms with Crippen molar-refractivity contribution < 1.29 is 9.47 Å². The second-order valence-corrected chi connectivity index (χ2v) is 5.82. The normalized spacial score (nSPS) is 23.4. The van der Waals surface area contributed by atoms with Gasteiger partial charge < -0.3 is 9.47 Å². The van der Waals surface area contributed by atoms with Crippen molar-refractivity contribution in [2.75, 3.05) is 6.61 Å². The SMILES string of the molecule is c1ccc(COc2cccc3c2CCC2(CO2)C3)cc1. The molecule has 2 aliphatic rings. The van der Waals surface area contributed by atoms with E-state index in [1.807, 2.05) is 18.2 Å². The molecule has 1 aliphatic carbocycles. The number of hydrogen-bond donors (Lipinski definition) is 0. The molecule has 0 aromatic heterocycles. The lowest BCUT2D eigenvalue weighted by molar-refractivity contribution is 0.269. The van der Waals surface area contributed by atoms with E-state index in [4.69, 9.17) is 9.47 Å². The number of epoxide rings is 1. The highest BCUT2D eigenvalue weighted by molar-refractivity contribution is 5.43. The van der Waals surface area contributed by atoms with Crippen molar-refractivity contribution >= 4 is 0 Å². The van der Waals surface area contributed by atoms with Crippen molar-refractivity contribution in [1.29, 1.82) is 0 Å². The van der Waals surface area contributed by atoms with Crippen molar-refractivity contribution in [3.8, 4) is 5.75 Å². The molecule has 2 nitrogen and oxygen atoms in total. The molecule has 1 unspecified atom stereocenters. The van der Waals surface area contributed by atoms with Crippen LogP contribution in [0, 0.1) is 0 Å². The first-order chi connectivity index (χ1) is 9.85. The lowest BCUT2D eigenvalue weighted by atomic mass is 9.83. The van der Waals surface area contributed by atoms with Gasteiger partial charge in [0.2, 0.25) is 0 Å². The van der Waals surface area contributed by atoms with Gasteiger partial charge in [0.25, 0.3) is 0 Å². The Labute approximate surface area is 119 Å². The first-order valence-electron chi connectivity index (χ1n) is 7.26. The molecule has 1 saturated heterocycles. The fourth-order valence-corrected chi connectivity index (χ4v) is 3.07. The van der Waals surface area contributed by atoms with Crippen LogP contribution in [0.5, 0.6) is 5.75 Å². The molecule has 1 aliphatic heterocycles. The minimum Gasteiger partial charge on any atom is -0.489 e. The highest BCUT2D eigenvalue weighted by Crippen LogP contribution is 2.43. The highest BCUT2D eigenvalue weighted by atomic mass is 16.6. The third kappa shape index (κ3) is 2.20. The summed E-state index contributed by atoms with van der Waals surface area (Å²) in [6.07, 6.45) is 3.25. The van der Waals surface area contributed by atoms with Gasteiger partial charge in [0.05, 0.1) is 12.2 Å². The van der Waals surface area contributed by atoms with Gasteiger partial charge >= 0.3 is 0 Å². The van der Waals surface area contributed by atoms with E-state index in [-0.39, 0.29) is 5.60 Å². The van der Waals surface area contributed by atoms with E-state index in [1.54, 1.807) is 0 Å². The third-order valence-electron chi connectivity index (χ3n) is 4.36. The van der Waals surface area contributed by atoms with Crippen LogP contribution in [0.1, 0.15) is 23.1 Å². The molecule has 0 saturated carbocycles. The van der Waals surface area contributed by atoms with Gasteiger partial charge in [-0.3, -0.25) is 0 Å². The first kappa shape index (κ1) is 12.0. The Morgan fingerprint density at radius 3 is 2.70 bits per heavy atom. The molecule has 2 heteroatoms. The molecule has 1 spiro atoms. The summed E-state index contributed by atoms with van der Waals surface area (Å²) in [6, 6.07) is 16.7. The summed E-state index contributed by atoms with van der Waals surface area (Å²) in [4.78, 5) is 0. The van der Waals surface area contributed by atoms with Crippen molar-refractivity contribution in [3.05, 3.63) is 65.2 Å². The van der Waals surface area contributed by atoms with Crippen LogP contribution in [0.2, 0.25) is 0 Å². The van der Waals surface area contributed by atoms with Gasteiger partial charge in [0.15, 0.2) is 0 Å². The van der Waals surface area contributed by atoms with Gasteiger partial charge in [0, 0.05) is 6.42 Å². The van der Waals surface area contributed by atoms with Gasteiger partial charge in [-0.25, -0.2) is 0 Å². The van der Waals surface area contributed by atoms with E-state index < -0.39 is 0 Å². The van der Waals surface area contributed by atoms with Crippen molar-refractivity contribution in [1.82, 2.24) is 0 Å². The Balaban J connectivity index is 1.54. The van der Waals surface area contributed by atoms with Crippen molar-refractivity contribution in [2.45, 2.75) is 31.5 Å². The third-order valence-corrected chi connectivity index (χ3v) is 4.36. The minimum atomic E-state index is 0.172. The maximum atomic E-state index is 6.04. The number of ether oxygens (including phenoxy) is 2. The first-order valence-corrected chi connectivity index (χ1v) is 7.26. The van der Waals surface area contributed by atoms with Gasteiger partial charge in [0.1, 0.15) is 12.4 Å². The number of rotatable bonds is 3. The van der Waals surface area contributed by atoms with Crippen LogP contribution >= 0.6 is 0 Å². The Kier molecular flexibility index (Phi) is 2.78. The zero-order valence-electron chi connectivity index (χ0n) is 11.5.